The lowest BCUT2D eigenvalue weighted by Gasteiger charge is -2.32. The Morgan fingerprint density at radius 1 is 1.03 bits per heavy atom. The number of carbonyl (C=O) groups is 2. The molecule has 2 aromatic carbocycles. The van der Waals surface area contributed by atoms with Crippen LogP contribution in [-0.2, 0) is 0 Å². The SMILES string of the molecule is O=C(NC1CCN(C(=O)Nc2ccccc2)CC1)c1cc(-c2ccc(F)cc2)n[nH]1. The summed E-state index contributed by atoms with van der Waals surface area (Å²) in [5.41, 5.74) is 2.41. The van der Waals surface area contributed by atoms with E-state index in [9.17, 15) is 14.0 Å². The lowest BCUT2D eigenvalue weighted by Crippen LogP contribution is -2.47. The highest BCUT2D eigenvalue weighted by Crippen LogP contribution is 2.19. The summed E-state index contributed by atoms with van der Waals surface area (Å²) in [5, 5.41) is 12.7. The van der Waals surface area contributed by atoms with Crippen LogP contribution >= 0.6 is 0 Å². The number of piperidine rings is 1. The van der Waals surface area contributed by atoms with E-state index in [1.54, 1.807) is 23.1 Å². The number of rotatable bonds is 4. The number of hydrogen-bond donors (Lipinski definition) is 3. The Morgan fingerprint density at radius 2 is 1.73 bits per heavy atom. The van der Waals surface area contributed by atoms with E-state index in [2.05, 4.69) is 20.8 Å². The molecule has 1 aliphatic rings. The number of halogens is 1. The molecular formula is C22H22FN5O2. The molecule has 0 atom stereocenters. The van der Waals surface area contributed by atoms with E-state index in [4.69, 9.17) is 0 Å². The quantitative estimate of drug-likeness (QED) is 0.617. The van der Waals surface area contributed by atoms with Crippen LogP contribution in [0.2, 0.25) is 0 Å². The molecular weight excluding hydrogens is 385 g/mol. The average Bonchev–Trinajstić information content (AvgIpc) is 3.26. The van der Waals surface area contributed by atoms with E-state index < -0.39 is 0 Å². The second-order valence-electron chi connectivity index (χ2n) is 7.20. The Hall–Kier alpha value is -3.68. The van der Waals surface area contributed by atoms with Crippen molar-refractivity contribution in [2.75, 3.05) is 18.4 Å². The molecule has 0 radical (unpaired) electrons. The first-order valence-electron chi connectivity index (χ1n) is 9.82. The van der Waals surface area contributed by atoms with Crippen LogP contribution in [0.25, 0.3) is 11.3 Å². The fraction of sp³-hybridized carbons (Fsp3) is 0.227. The van der Waals surface area contributed by atoms with E-state index in [0.29, 0.717) is 37.3 Å². The van der Waals surface area contributed by atoms with Gasteiger partial charge in [-0.15, -0.1) is 0 Å². The molecule has 7 nitrogen and oxygen atoms in total. The number of anilines is 1. The average molecular weight is 407 g/mol. The smallest absolute Gasteiger partial charge is 0.321 e. The fourth-order valence-corrected chi connectivity index (χ4v) is 3.42. The largest absolute Gasteiger partial charge is 0.348 e. The molecule has 0 unspecified atom stereocenters. The lowest BCUT2D eigenvalue weighted by atomic mass is 10.1. The maximum atomic E-state index is 13.1. The fourth-order valence-electron chi connectivity index (χ4n) is 3.42. The Kier molecular flexibility index (Phi) is 5.74. The van der Waals surface area contributed by atoms with Gasteiger partial charge in [0.05, 0.1) is 5.69 Å². The highest BCUT2D eigenvalue weighted by atomic mass is 19.1. The summed E-state index contributed by atoms with van der Waals surface area (Å²) in [4.78, 5) is 26.6. The maximum Gasteiger partial charge on any atom is 0.321 e. The van der Waals surface area contributed by atoms with Crippen molar-refractivity contribution >= 4 is 17.6 Å². The second-order valence-corrected chi connectivity index (χ2v) is 7.20. The Morgan fingerprint density at radius 3 is 2.43 bits per heavy atom. The van der Waals surface area contributed by atoms with E-state index in [1.807, 2.05) is 30.3 Å². The predicted molar refractivity (Wildman–Crippen MR) is 112 cm³/mol. The van der Waals surface area contributed by atoms with Gasteiger partial charge in [0, 0.05) is 30.4 Å². The topological polar surface area (TPSA) is 90.1 Å². The third-order valence-corrected chi connectivity index (χ3v) is 5.10. The van der Waals surface area contributed by atoms with Gasteiger partial charge in [-0.2, -0.15) is 5.10 Å². The first-order chi connectivity index (χ1) is 14.6. The highest BCUT2D eigenvalue weighted by molar-refractivity contribution is 5.93. The van der Waals surface area contributed by atoms with Gasteiger partial charge in [0.15, 0.2) is 0 Å². The second kappa shape index (κ2) is 8.77. The van der Waals surface area contributed by atoms with Crippen LogP contribution in [0.4, 0.5) is 14.9 Å². The molecule has 0 bridgehead atoms. The molecule has 2 heterocycles. The molecule has 0 aliphatic carbocycles. The number of nitrogens with one attached hydrogen (secondary N) is 3. The molecule has 0 spiro atoms. The first kappa shape index (κ1) is 19.6. The number of H-pyrrole nitrogens is 1. The van der Waals surface area contributed by atoms with E-state index in [0.717, 1.165) is 11.3 Å². The number of aromatic nitrogens is 2. The molecule has 1 saturated heterocycles. The maximum absolute atomic E-state index is 13.1. The molecule has 0 saturated carbocycles. The zero-order valence-electron chi connectivity index (χ0n) is 16.3. The number of aromatic amines is 1. The molecule has 154 valence electrons. The number of urea groups is 1. The molecule has 30 heavy (non-hydrogen) atoms. The van der Waals surface area contributed by atoms with Gasteiger partial charge >= 0.3 is 6.03 Å². The zero-order chi connectivity index (χ0) is 20.9. The summed E-state index contributed by atoms with van der Waals surface area (Å²) in [6.45, 7) is 1.13. The number of nitrogens with zero attached hydrogens (tertiary/aromatic N) is 2. The summed E-state index contributed by atoms with van der Waals surface area (Å²) < 4.78 is 13.1. The lowest BCUT2D eigenvalue weighted by molar-refractivity contribution is 0.0914. The van der Waals surface area contributed by atoms with Gasteiger partial charge in [-0.3, -0.25) is 9.89 Å². The van der Waals surface area contributed by atoms with E-state index in [-0.39, 0.29) is 23.8 Å². The number of para-hydroxylation sites is 1. The van der Waals surface area contributed by atoms with Gasteiger partial charge in [0.25, 0.3) is 5.91 Å². The number of benzene rings is 2. The van der Waals surface area contributed by atoms with Crippen molar-refractivity contribution < 1.29 is 14.0 Å². The van der Waals surface area contributed by atoms with Gasteiger partial charge < -0.3 is 15.5 Å². The van der Waals surface area contributed by atoms with Gasteiger partial charge in [0.2, 0.25) is 0 Å². The van der Waals surface area contributed by atoms with Crippen LogP contribution in [-0.4, -0.2) is 46.2 Å². The van der Waals surface area contributed by atoms with Crippen LogP contribution < -0.4 is 10.6 Å². The number of carbonyl (C=O) groups excluding carboxylic acids is 2. The minimum Gasteiger partial charge on any atom is -0.348 e. The highest BCUT2D eigenvalue weighted by Gasteiger charge is 2.24. The number of likely N-dealkylation sites (tertiary alicyclic amines) is 1. The summed E-state index contributed by atoms with van der Waals surface area (Å²) in [5.74, 6) is -0.570. The molecule has 4 rings (SSSR count). The minimum atomic E-state index is -0.323. The van der Waals surface area contributed by atoms with E-state index in [1.165, 1.54) is 12.1 Å². The number of hydrogen-bond acceptors (Lipinski definition) is 3. The summed E-state index contributed by atoms with van der Waals surface area (Å²) in [6.07, 6.45) is 1.35. The predicted octanol–water partition coefficient (Wildman–Crippen LogP) is 3.64. The van der Waals surface area contributed by atoms with Crippen LogP contribution in [0, 0.1) is 5.82 Å². The normalized spacial score (nSPS) is 14.4. The van der Waals surface area contributed by atoms with Gasteiger partial charge in [-0.25, -0.2) is 9.18 Å². The van der Waals surface area contributed by atoms with Gasteiger partial charge in [-0.1, -0.05) is 18.2 Å². The molecule has 3 N–H and O–H groups in total. The van der Waals surface area contributed by atoms with Gasteiger partial charge in [-0.05, 0) is 55.3 Å². The van der Waals surface area contributed by atoms with E-state index >= 15 is 0 Å². The molecule has 3 aromatic rings. The summed E-state index contributed by atoms with van der Waals surface area (Å²) in [7, 11) is 0. The van der Waals surface area contributed by atoms with Crippen molar-refractivity contribution in [3.05, 3.63) is 72.2 Å². The van der Waals surface area contributed by atoms with Crippen molar-refractivity contribution in [1.82, 2.24) is 20.4 Å². The molecule has 3 amide bonds. The first-order valence-corrected chi connectivity index (χ1v) is 9.82. The Balaban J connectivity index is 1.28. The van der Waals surface area contributed by atoms with Crippen LogP contribution in [0.3, 0.4) is 0 Å². The minimum absolute atomic E-state index is 0.0177. The van der Waals surface area contributed by atoms with Crippen molar-refractivity contribution in [1.29, 1.82) is 0 Å². The van der Waals surface area contributed by atoms with Crippen molar-refractivity contribution in [3.63, 3.8) is 0 Å². The summed E-state index contributed by atoms with van der Waals surface area (Å²) in [6, 6.07) is 16.7. The molecule has 1 fully saturated rings. The van der Waals surface area contributed by atoms with Crippen molar-refractivity contribution in [2.24, 2.45) is 0 Å². The Labute approximate surface area is 173 Å². The standard InChI is InChI=1S/C22H22FN5O2/c23-16-8-6-15(7-9-16)19-14-20(27-26-19)21(29)24-18-10-12-28(13-11-18)22(30)25-17-4-2-1-3-5-17/h1-9,14,18H,10-13H2,(H,24,29)(H,25,30)(H,26,27). The third kappa shape index (κ3) is 4.65. The Bertz CT molecular complexity index is 1010. The van der Waals surface area contributed by atoms with Gasteiger partial charge in [0.1, 0.15) is 11.5 Å². The summed E-state index contributed by atoms with van der Waals surface area (Å²) >= 11 is 0. The van der Waals surface area contributed by atoms with Crippen molar-refractivity contribution in [3.8, 4) is 11.3 Å². The van der Waals surface area contributed by atoms with Crippen LogP contribution in [0.15, 0.2) is 60.7 Å². The molecule has 8 heteroatoms. The monoisotopic (exact) mass is 407 g/mol. The number of amides is 3. The zero-order valence-corrected chi connectivity index (χ0v) is 16.3. The third-order valence-electron chi connectivity index (χ3n) is 5.10. The van der Waals surface area contributed by atoms with Crippen LogP contribution in [0.5, 0.6) is 0 Å². The molecule has 1 aliphatic heterocycles. The van der Waals surface area contributed by atoms with Crippen molar-refractivity contribution in [2.45, 2.75) is 18.9 Å². The van der Waals surface area contributed by atoms with Crippen LogP contribution in [0.1, 0.15) is 23.3 Å². The molecule has 1 aromatic heterocycles.